The minimum absolute atomic E-state index is 0.0974. The van der Waals surface area contributed by atoms with Gasteiger partial charge in [-0.3, -0.25) is 20.2 Å². The summed E-state index contributed by atoms with van der Waals surface area (Å²) in [6.07, 6.45) is 0. The van der Waals surface area contributed by atoms with E-state index in [1.807, 2.05) is 5.32 Å². The van der Waals surface area contributed by atoms with E-state index in [9.17, 15) is 24.5 Å². The monoisotopic (exact) mass is 368 g/mol. The Balaban J connectivity index is 2.71. The third-order valence-corrected chi connectivity index (χ3v) is 2.98. The van der Waals surface area contributed by atoms with Crippen molar-refractivity contribution in [3.8, 4) is 0 Å². The molecule has 0 saturated carbocycles. The number of imide groups is 1. The molecule has 1 rings (SSSR count). The highest BCUT2D eigenvalue weighted by Crippen LogP contribution is 2.25. The lowest BCUT2D eigenvalue weighted by Gasteiger charge is -2.09. The first-order valence-corrected chi connectivity index (χ1v) is 7.65. The summed E-state index contributed by atoms with van der Waals surface area (Å²) in [6.45, 7) is 2.00. The van der Waals surface area contributed by atoms with Gasteiger partial charge in [-0.25, -0.2) is 9.59 Å². The lowest BCUT2D eigenvalue weighted by atomic mass is 10.1. The minimum atomic E-state index is -0.928. The fraction of sp³-hybridized carbons (Fsp3) is 0.400. The lowest BCUT2D eigenvalue weighted by molar-refractivity contribution is -0.384. The molecule has 0 radical (unpaired) electrons. The van der Waals surface area contributed by atoms with Gasteiger partial charge in [0.05, 0.1) is 17.1 Å². The highest BCUT2D eigenvalue weighted by molar-refractivity contribution is 5.97. The van der Waals surface area contributed by atoms with Crippen LogP contribution in [0, 0.1) is 10.1 Å². The fourth-order valence-electron chi connectivity index (χ4n) is 1.83. The van der Waals surface area contributed by atoms with E-state index in [1.54, 1.807) is 6.92 Å². The van der Waals surface area contributed by atoms with Crippen molar-refractivity contribution in [3.05, 3.63) is 33.9 Å². The fourth-order valence-corrected chi connectivity index (χ4v) is 1.83. The van der Waals surface area contributed by atoms with E-state index in [2.05, 4.69) is 10.6 Å². The topological polar surface area (TPSA) is 149 Å². The van der Waals surface area contributed by atoms with Crippen LogP contribution in [0.1, 0.15) is 17.3 Å². The zero-order valence-electron chi connectivity index (χ0n) is 14.4. The third kappa shape index (κ3) is 6.73. The van der Waals surface area contributed by atoms with Crippen LogP contribution in [0.3, 0.4) is 0 Å². The molecule has 142 valence electrons. The van der Waals surface area contributed by atoms with Gasteiger partial charge in [0.15, 0.2) is 6.61 Å². The van der Waals surface area contributed by atoms with Crippen LogP contribution in [0.5, 0.6) is 0 Å². The second kappa shape index (κ2) is 10.6. The second-order valence-electron chi connectivity index (χ2n) is 4.89. The molecule has 26 heavy (non-hydrogen) atoms. The molecule has 0 saturated heterocycles. The van der Waals surface area contributed by atoms with E-state index in [0.29, 0.717) is 19.7 Å². The number of nitro benzene ring substituents is 1. The molecule has 3 amide bonds. The number of hydrogen-bond acceptors (Lipinski definition) is 8. The molecule has 0 spiro atoms. The Bertz CT molecular complexity index is 678. The molecule has 11 heteroatoms. The summed E-state index contributed by atoms with van der Waals surface area (Å²) in [6, 6.07) is 3.01. The van der Waals surface area contributed by atoms with Crippen LogP contribution in [0.4, 0.5) is 16.2 Å². The normalized spacial score (nSPS) is 9.92. The maximum absolute atomic E-state index is 11.9. The largest absolute Gasteiger partial charge is 0.452 e. The number of esters is 1. The number of amides is 3. The van der Waals surface area contributed by atoms with Gasteiger partial charge in [-0.2, -0.15) is 0 Å². The van der Waals surface area contributed by atoms with Crippen molar-refractivity contribution >= 4 is 29.3 Å². The predicted octanol–water partition coefficient (Wildman–Crippen LogP) is 0.656. The minimum Gasteiger partial charge on any atom is -0.452 e. The number of urea groups is 1. The van der Waals surface area contributed by atoms with Gasteiger partial charge in [0.2, 0.25) is 0 Å². The van der Waals surface area contributed by atoms with Crippen LogP contribution in [-0.4, -0.2) is 56.2 Å². The number of nitrogens with one attached hydrogen (secondary N) is 3. The molecule has 0 atom stereocenters. The Hall–Kier alpha value is -3.21. The predicted molar refractivity (Wildman–Crippen MR) is 91.0 cm³/mol. The molecule has 1 aromatic rings. The van der Waals surface area contributed by atoms with E-state index in [4.69, 9.17) is 9.47 Å². The SMILES string of the molecule is CCNC(=O)NC(=O)COC(=O)c1ccc(NCCOC)c([N+](=O)[O-])c1. The number of hydrogen-bond donors (Lipinski definition) is 3. The molecule has 0 fully saturated rings. The zero-order valence-corrected chi connectivity index (χ0v) is 14.4. The Morgan fingerprint density at radius 2 is 2.00 bits per heavy atom. The van der Waals surface area contributed by atoms with Gasteiger partial charge in [0.25, 0.3) is 11.6 Å². The number of methoxy groups -OCH3 is 1. The summed E-state index contributed by atoms with van der Waals surface area (Å²) in [5.74, 6) is -1.75. The summed E-state index contributed by atoms with van der Waals surface area (Å²) < 4.78 is 9.60. The summed E-state index contributed by atoms with van der Waals surface area (Å²) in [4.78, 5) is 45.1. The van der Waals surface area contributed by atoms with Crippen LogP contribution in [0.25, 0.3) is 0 Å². The molecule has 1 aromatic carbocycles. The average molecular weight is 368 g/mol. The molecule has 0 aromatic heterocycles. The lowest BCUT2D eigenvalue weighted by Crippen LogP contribution is -2.41. The highest BCUT2D eigenvalue weighted by atomic mass is 16.6. The Morgan fingerprint density at radius 3 is 2.62 bits per heavy atom. The van der Waals surface area contributed by atoms with Crippen molar-refractivity contribution in [2.75, 3.05) is 38.7 Å². The van der Waals surface area contributed by atoms with Gasteiger partial charge in [-0.15, -0.1) is 0 Å². The summed E-state index contributed by atoms with van der Waals surface area (Å²) in [7, 11) is 1.50. The number of anilines is 1. The number of carbonyl (C=O) groups is 3. The number of nitro groups is 1. The quantitative estimate of drug-likeness (QED) is 0.249. The molecule has 0 heterocycles. The molecule has 0 aliphatic heterocycles. The van der Waals surface area contributed by atoms with Crippen molar-refractivity contribution in [3.63, 3.8) is 0 Å². The van der Waals surface area contributed by atoms with Gasteiger partial charge in [-0.1, -0.05) is 0 Å². The molecule has 0 aliphatic carbocycles. The number of nitrogens with zero attached hydrogens (tertiary/aromatic N) is 1. The van der Waals surface area contributed by atoms with Crippen molar-refractivity contribution in [2.45, 2.75) is 6.92 Å². The van der Waals surface area contributed by atoms with Gasteiger partial charge < -0.3 is 20.1 Å². The molecule has 0 unspecified atom stereocenters. The highest BCUT2D eigenvalue weighted by Gasteiger charge is 2.19. The summed E-state index contributed by atoms with van der Waals surface area (Å²) in [5.41, 5.74) is -0.195. The van der Waals surface area contributed by atoms with Crippen LogP contribution >= 0.6 is 0 Å². The number of rotatable bonds is 9. The standard InChI is InChI=1S/C15H20N4O7/c1-3-16-15(22)18-13(20)9-26-14(21)10-4-5-11(17-6-7-25-2)12(8-10)19(23)24/h4-5,8,17H,3,6-7,9H2,1-2H3,(H2,16,18,20,22). The molecule has 0 aliphatic rings. The van der Waals surface area contributed by atoms with Crippen molar-refractivity contribution in [1.29, 1.82) is 0 Å². The van der Waals surface area contributed by atoms with Crippen LogP contribution in [0.2, 0.25) is 0 Å². The molecule has 11 nitrogen and oxygen atoms in total. The zero-order chi connectivity index (χ0) is 19.5. The summed E-state index contributed by atoms with van der Waals surface area (Å²) >= 11 is 0. The summed E-state index contributed by atoms with van der Waals surface area (Å²) in [5, 5.41) is 18.3. The van der Waals surface area contributed by atoms with Crippen LogP contribution in [0.15, 0.2) is 18.2 Å². The van der Waals surface area contributed by atoms with E-state index in [0.717, 1.165) is 6.07 Å². The first-order chi connectivity index (χ1) is 12.4. The van der Waals surface area contributed by atoms with Crippen LogP contribution < -0.4 is 16.0 Å². The number of carbonyl (C=O) groups excluding carboxylic acids is 3. The Morgan fingerprint density at radius 1 is 1.27 bits per heavy atom. The van der Waals surface area contributed by atoms with Crippen molar-refractivity contribution in [1.82, 2.24) is 10.6 Å². The molecular weight excluding hydrogens is 348 g/mol. The smallest absolute Gasteiger partial charge is 0.338 e. The van der Waals surface area contributed by atoms with E-state index >= 15 is 0 Å². The third-order valence-electron chi connectivity index (χ3n) is 2.98. The maximum Gasteiger partial charge on any atom is 0.338 e. The van der Waals surface area contributed by atoms with E-state index in [1.165, 1.54) is 19.2 Å². The molecular formula is C15H20N4O7. The van der Waals surface area contributed by atoms with E-state index in [-0.39, 0.29) is 16.9 Å². The first-order valence-electron chi connectivity index (χ1n) is 7.65. The van der Waals surface area contributed by atoms with Gasteiger partial charge >= 0.3 is 12.0 Å². The Kier molecular flexibility index (Phi) is 8.50. The maximum atomic E-state index is 11.9. The van der Waals surface area contributed by atoms with E-state index < -0.39 is 29.4 Å². The van der Waals surface area contributed by atoms with Crippen LogP contribution in [-0.2, 0) is 14.3 Å². The van der Waals surface area contributed by atoms with Gasteiger partial charge in [-0.05, 0) is 19.1 Å². The molecule has 0 bridgehead atoms. The molecule has 3 N–H and O–H groups in total. The number of ether oxygens (including phenoxy) is 2. The number of benzene rings is 1. The Labute approximate surface area is 149 Å². The van der Waals surface area contributed by atoms with Crippen molar-refractivity contribution < 1.29 is 28.8 Å². The van der Waals surface area contributed by atoms with Gasteiger partial charge in [0.1, 0.15) is 5.69 Å². The first kappa shape index (κ1) is 20.8. The van der Waals surface area contributed by atoms with Crippen molar-refractivity contribution in [2.24, 2.45) is 0 Å². The van der Waals surface area contributed by atoms with Gasteiger partial charge in [0, 0.05) is 26.3 Å². The average Bonchev–Trinajstić information content (AvgIpc) is 2.60. The second-order valence-corrected chi connectivity index (χ2v) is 4.89.